The van der Waals surface area contributed by atoms with Crippen LogP contribution in [0, 0.1) is 16.0 Å². The fraction of sp³-hybridized carbons (Fsp3) is 0.364. The molecule has 0 spiro atoms. The Labute approximate surface area is 184 Å². The summed E-state index contributed by atoms with van der Waals surface area (Å²) >= 11 is 3.38. The molecule has 0 saturated carbocycles. The molecule has 2 amide bonds. The smallest absolute Gasteiger partial charge is 0.273 e. The topological polar surface area (TPSA) is 92.6 Å². The van der Waals surface area contributed by atoms with Crippen LogP contribution in [-0.2, 0) is 22.6 Å². The Morgan fingerprint density at radius 2 is 1.73 bits per heavy atom. The van der Waals surface area contributed by atoms with Crippen LogP contribution in [0.2, 0.25) is 0 Å². The molecule has 0 bridgehead atoms. The van der Waals surface area contributed by atoms with E-state index < -0.39 is 11.0 Å². The lowest BCUT2D eigenvalue weighted by atomic mass is 10.1. The Balaban J connectivity index is 2.27. The highest BCUT2D eigenvalue weighted by atomic mass is 79.9. The van der Waals surface area contributed by atoms with Crippen molar-refractivity contribution in [3.05, 3.63) is 74.2 Å². The van der Waals surface area contributed by atoms with E-state index in [1.54, 1.807) is 25.1 Å². The third-order valence-corrected chi connectivity index (χ3v) is 5.18. The van der Waals surface area contributed by atoms with E-state index in [4.69, 9.17) is 0 Å². The molecule has 2 aromatic carbocycles. The van der Waals surface area contributed by atoms with Crippen molar-refractivity contribution in [2.24, 2.45) is 5.92 Å². The molecule has 0 aliphatic rings. The van der Waals surface area contributed by atoms with Gasteiger partial charge in [-0.3, -0.25) is 19.7 Å². The molecule has 1 atom stereocenters. The van der Waals surface area contributed by atoms with Crippen LogP contribution in [0.15, 0.2) is 53.0 Å². The maximum Gasteiger partial charge on any atom is 0.273 e. The van der Waals surface area contributed by atoms with Crippen molar-refractivity contribution in [2.75, 3.05) is 6.54 Å². The van der Waals surface area contributed by atoms with Gasteiger partial charge in [-0.05, 0) is 30.5 Å². The number of para-hydroxylation sites is 1. The van der Waals surface area contributed by atoms with Crippen LogP contribution in [0.5, 0.6) is 0 Å². The number of benzene rings is 2. The molecule has 1 N–H and O–H groups in total. The summed E-state index contributed by atoms with van der Waals surface area (Å²) in [5, 5.41) is 14.2. The minimum atomic E-state index is -0.720. The third kappa shape index (κ3) is 6.66. The number of nitro groups is 1. The number of carbonyl (C=O) groups excluding carboxylic acids is 2. The maximum absolute atomic E-state index is 13.2. The van der Waals surface area contributed by atoms with Gasteiger partial charge in [-0.15, -0.1) is 0 Å². The van der Waals surface area contributed by atoms with E-state index in [0.29, 0.717) is 12.1 Å². The first-order valence-electron chi connectivity index (χ1n) is 9.73. The van der Waals surface area contributed by atoms with E-state index in [-0.39, 0.29) is 36.4 Å². The monoisotopic (exact) mass is 475 g/mol. The Morgan fingerprint density at radius 1 is 1.10 bits per heavy atom. The quantitative estimate of drug-likeness (QED) is 0.436. The number of hydrogen-bond donors (Lipinski definition) is 1. The first kappa shape index (κ1) is 23.5. The Morgan fingerprint density at radius 3 is 2.33 bits per heavy atom. The fourth-order valence-corrected chi connectivity index (χ4v) is 3.19. The van der Waals surface area contributed by atoms with Gasteiger partial charge in [-0.1, -0.05) is 60.1 Å². The first-order valence-corrected chi connectivity index (χ1v) is 10.5. The second-order valence-corrected chi connectivity index (χ2v) is 8.44. The number of nitrogens with zero attached hydrogens (tertiary/aromatic N) is 2. The van der Waals surface area contributed by atoms with E-state index in [0.717, 1.165) is 10.0 Å². The van der Waals surface area contributed by atoms with Crippen LogP contribution >= 0.6 is 15.9 Å². The first-order chi connectivity index (χ1) is 14.2. The van der Waals surface area contributed by atoms with Gasteiger partial charge in [0.1, 0.15) is 6.04 Å². The second-order valence-electron chi connectivity index (χ2n) is 7.53. The molecule has 0 aliphatic heterocycles. The van der Waals surface area contributed by atoms with Crippen LogP contribution in [0.3, 0.4) is 0 Å². The van der Waals surface area contributed by atoms with Crippen LogP contribution in [0.4, 0.5) is 5.69 Å². The van der Waals surface area contributed by atoms with Gasteiger partial charge in [0.25, 0.3) is 5.69 Å². The zero-order valence-corrected chi connectivity index (χ0v) is 18.9. The van der Waals surface area contributed by atoms with Crippen molar-refractivity contribution in [1.29, 1.82) is 0 Å². The van der Waals surface area contributed by atoms with Gasteiger partial charge in [-0.25, -0.2) is 0 Å². The summed E-state index contributed by atoms with van der Waals surface area (Å²) in [5.41, 5.74) is 1.08. The van der Waals surface area contributed by atoms with Crippen molar-refractivity contribution in [3.8, 4) is 0 Å². The number of carbonyl (C=O) groups is 2. The molecule has 0 fully saturated rings. The lowest BCUT2D eigenvalue weighted by molar-refractivity contribution is -0.385. The van der Waals surface area contributed by atoms with Crippen molar-refractivity contribution in [1.82, 2.24) is 10.2 Å². The summed E-state index contributed by atoms with van der Waals surface area (Å²) in [6.07, 6.45) is -0.157. The lowest BCUT2D eigenvalue weighted by Gasteiger charge is -2.29. The molecular formula is C22H26BrN3O4. The highest BCUT2D eigenvalue weighted by molar-refractivity contribution is 9.10. The van der Waals surface area contributed by atoms with E-state index in [9.17, 15) is 19.7 Å². The minimum absolute atomic E-state index is 0.105. The van der Waals surface area contributed by atoms with E-state index in [1.165, 1.54) is 11.0 Å². The van der Waals surface area contributed by atoms with Crippen LogP contribution < -0.4 is 5.32 Å². The number of amides is 2. The molecule has 8 heteroatoms. The molecule has 7 nitrogen and oxygen atoms in total. The minimum Gasteiger partial charge on any atom is -0.354 e. The summed E-state index contributed by atoms with van der Waals surface area (Å²) < 4.78 is 0.909. The van der Waals surface area contributed by atoms with E-state index in [2.05, 4.69) is 21.2 Å². The summed E-state index contributed by atoms with van der Waals surface area (Å²) in [7, 11) is 0. The van der Waals surface area contributed by atoms with Crippen molar-refractivity contribution in [3.63, 3.8) is 0 Å². The van der Waals surface area contributed by atoms with E-state index >= 15 is 0 Å². The molecule has 0 radical (unpaired) electrons. The zero-order valence-electron chi connectivity index (χ0n) is 17.3. The molecule has 2 rings (SSSR count). The molecule has 160 valence electrons. The zero-order chi connectivity index (χ0) is 22.3. The SMILES string of the molecule is CC(C)CNC(=O)[C@H](C)N(Cc1ccc(Br)cc1)C(=O)Cc1ccccc1[N+](=O)[O-]. The molecule has 30 heavy (non-hydrogen) atoms. The Hall–Kier alpha value is -2.74. The number of halogens is 1. The maximum atomic E-state index is 13.2. The van der Waals surface area contributed by atoms with Crippen molar-refractivity contribution in [2.45, 2.75) is 39.8 Å². The summed E-state index contributed by atoms with van der Waals surface area (Å²) in [6, 6.07) is 12.9. The van der Waals surface area contributed by atoms with Crippen molar-refractivity contribution < 1.29 is 14.5 Å². The van der Waals surface area contributed by atoms with Crippen LogP contribution in [-0.4, -0.2) is 34.2 Å². The number of hydrogen-bond acceptors (Lipinski definition) is 4. The Bertz CT molecular complexity index is 900. The van der Waals surface area contributed by atoms with Gasteiger partial charge in [0.05, 0.1) is 11.3 Å². The average molecular weight is 476 g/mol. The molecule has 0 aliphatic carbocycles. The van der Waals surface area contributed by atoms with Gasteiger partial charge in [0, 0.05) is 29.2 Å². The van der Waals surface area contributed by atoms with Gasteiger partial charge in [0.15, 0.2) is 0 Å². The molecule has 2 aromatic rings. The summed E-state index contributed by atoms with van der Waals surface area (Å²) in [5.74, 6) is -0.320. The van der Waals surface area contributed by atoms with Crippen LogP contribution in [0.25, 0.3) is 0 Å². The van der Waals surface area contributed by atoms with Crippen LogP contribution in [0.1, 0.15) is 31.9 Å². The van der Waals surface area contributed by atoms with Gasteiger partial charge in [-0.2, -0.15) is 0 Å². The fourth-order valence-electron chi connectivity index (χ4n) is 2.92. The van der Waals surface area contributed by atoms with Gasteiger partial charge in [0.2, 0.25) is 11.8 Å². The van der Waals surface area contributed by atoms with E-state index in [1.807, 2.05) is 38.1 Å². The average Bonchev–Trinajstić information content (AvgIpc) is 2.71. The summed E-state index contributed by atoms with van der Waals surface area (Å²) in [6.45, 7) is 6.39. The molecule has 0 unspecified atom stereocenters. The number of nitrogens with one attached hydrogen (secondary N) is 1. The number of nitro benzene ring substituents is 1. The number of rotatable bonds is 9. The normalized spacial score (nSPS) is 11.8. The van der Waals surface area contributed by atoms with Gasteiger partial charge >= 0.3 is 0 Å². The lowest BCUT2D eigenvalue weighted by Crippen LogP contribution is -2.48. The van der Waals surface area contributed by atoms with Gasteiger partial charge < -0.3 is 10.2 Å². The molecule has 0 heterocycles. The largest absolute Gasteiger partial charge is 0.354 e. The molecule has 0 saturated heterocycles. The Kier molecular flexibility index (Phi) is 8.53. The van der Waals surface area contributed by atoms with Crippen molar-refractivity contribution >= 4 is 33.4 Å². The molecular weight excluding hydrogens is 450 g/mol. The predicted octanol–water partition coefficient (Wildman–Crippen LogP) is 4.09. The highest BCUT2D eigenvalue weighted by Crippen LogP contribution is 2.21. The third-order valence-electron chi connectivity index (χ3n) is 4.65. The molecule has 0 aromatic heterocycles. The second kappa shape index (κ2) is 10.9. The highest BCUT2D eigenvalue weighted by Gasteiger charge is 2.27. The summed E-state index contributed by atoms with van der Waals surface area (Å²) in [4.78, 5) is 38.1. The predicted molar refractivity (Wildman–Crippen MR) is 119 cm³/mol. The standard InChI is InChI=1S/C22H26BrN3O4/c1-15(2)13-24-22(28)16(3)25(14-17-8-10-19(23)11-9-17)21(27)12-18-6-4-5-7-20(18)26(29)30/h4-11,15-16H,12-14H2,1-3H3,(H,24,28)/t16-/m0/s1.